The van der Waals surface area contributed by atoms with E-state index in [2.05, 4.69) is 20.4 Å². The van der Waals surface area contributed by atoms with Gasteiger partial charge in [0.05, 0.1) is 6.61 Å². The summed E-state index contributed by atoms with van der Waals surface area (Å²) in [4.78, 5) is 30.9. The van der Waals surface area contributed by atoms with Crippen LogP contribution in [0.15, 0.2) is 41.3 Å². The molecule has 0 aliphatic rings. The molecule has 0 aliphatic carbocycles. The Labute approximate surface area is 131 Å². The number of aromatic nitrogens is 4. The van der Waals surface area contributed by atoms with Crippen LogP contribution in [0.25, 0.3) is 5.78 Å². The van der Waals surface area contributed by atoms with Gasteiger partial charge < -0.3 is 15.0 Å². The minimum Gasteiger partial charge on any atom is -0.462 e. The van der Waals surface area contributed by atoms with Crippen LogP contribution in [-0.4, -0.2) is 32.2 Å². The Morgan fingerprint density at radius 3 is 2.87 bits per heavy atom. The fourth-order valence-electron chi connectivity index (χ4n) is 2.07. The number of hydrogen-bond acceptors (Lipinski definition) is 6. The number of carbonyl (C=O) groups is 1. The van der Waals surface area contributed by atoms with Crippen LogP contribution in [0.5, 0.6) is 0 Å². The van der Waals surface area contributed by atoms with Gasteiger partial charge in [-0.2, -0.15) is 9.50 Å². The summed E-state index contributed by atoms with van der Waals surface area (Å²) in [5.74, 6) is -0.147. The number of hydrogen-bond donors (Lipinski definition) is 2. The number of nitrogens with one attached hydrogen (secondary N) is 2. The van der Waals surface area contributed by atoms with Crippen molar-refractivity contribution in [3.63, 3.8) is 0 Å². The van der Waals surface area contributed by atoms with E-state index in [0.717, 1.165) is 10.1 Å². The predicted octanol–water partition coefficient (Wildman–Crippen LogP) is 1.21. The van der Waals surface area contributed by atoms with Gasteiger partial charge in [0.15, 0.2) is 0 Å². The monoisotopic (exact) mass is 313 g/mol. The standard InChI is InChI=1S/C15H15N5O3/c1-2-23-13(22)11-9-17-15-18-14(19-20(15)12(11)21)16-8-10-6-4-3-5-7-10/h3-7,9H,2,8H2,1H3,(H2,16,17,18,19). The van der Waals surface area contributed by atoms with Gasteiger partial charge in [-0.15, -0.1) is 5.10 Å². The van der Waals surface area contributed by atoms with Crippen molar-refractivity contribution in [2.75, 3.05) is 11.9 Å². The molecule has 23 heavy (non-hydrogen) atoms. The van der Waals surface area contributed by atoms with Gasteiger partial charge in [-0.25, -0.2) is 4.79 Å². The Balaban J connectivity index is 1.86. The van der Waals surface area contributed by atoms with Crippen LogP contribution in [0.3, 0.4) is 0 Å². The minimum atomic E-state index is -0.690. The largest absolute Gasteiger partial charge is 0.462 e. The lowest BCUT2D eigenvalue weighted by atomic mass is 10.2. The highest BCUT2D eigenvalue weighted by molar-refractivity contribution is 5.88. The van der Waals surface area contributed by atoms with Crippen LogP contribution >= 0.6 is 0 Å². The van der Waals surface area contributed by atoms with Crippen molar-refractivity contribution in [1.82, 2.24) is 19.6 Å². The van der Waals surface area contributed by atoms with Gasteiger partial charge in [-0.05, 0) is 12.5 Å². The quantitative estimate of drug-likeness (QED) is 0.686. The number of nitrogens with zero attached hydrogens (tertiary/aromatic N) is 3. The second kappa shape index (κ2) is 6.30. The first-order valence-electron chi connectivity index (χ1n) is 7.12. The van der Waals surface area contributed by atoms with Gasteiger partial charge in [0, 0.05) is 12.7 Å². The molecule has 0 unspecified atom stereocenters. The molecule has 0 spiro atoms. The molecule has 1 aromatic carbocycles. The fraction of sp³-hybridized carbons (Fsp3) is 0.200. The van der Waals surface area contributed by atoms with Crippen molar-refractivity contribution in [3.8, 4) is 0 Å². The molecule has 3 aromatic rings. The van der Waals surface area contributed by atoms with E-state index >= 15 is 0 Å². The number of ether oxygens (including phenoxy) is 1. The lowest BCUT2D eigenvalue weighted by Gasteiger charge is -2.00. The zero-order chi connectivity index (χ0) is 16.2. The number of H-pyrrole nitrogens is 1. The SMILES string of the molecule is CCOC(=O)c1c[nH]c2nc(NCc3ccccc3)nn2c1=O. The summed E-state index contributed by atoms with van der Waals surface area (Å²) in [6.45, 7) is 2.39. The molecule has 0 radical (unpaired) electrons. The smallest absolute Gasteiger partial charge is 0.345 e. The van der Waals surface area contributed by atoms with Crippen LogP contribution in [0.1, 0.15) is 22.8 Å². The topological polar surface area (TPSA) is 101 Å². The highest BCUT2D eigenvalue weighted by Crippen LogP contribution is 2.05. The maximum absolute atomic E-state index is 12.2. The minimum absolute atomic E-state index is 0.112. The summed E-state index contributed by atoms with van der Waals surface area (Å²) >= 11 is 0. The molecule has 0 saturated carbocycles. The Kier molecular flexibility index (Phi) is 4.05. The van der Waals surface area contributed by atoms with Crippen LogP contribution in [0.2, 0.25) is 0 Å². The number of fused-ring (bicyclic) bond motifs is 1. The molecule has 2 aromatic heterocycles. The summed E-state index contributed by atoms with van der Waals surface area (Å²) in [5, 5.41) is 7.11. The molecule has 3 rings (SSSR count). The molecule has 0 atom stereocenters. The van der Waals surface area contributed by atoms with E-state index in [0.29, 0.717) is 12.5 Å². The third-order valence-electron chi connectivity index (χ3n) is 3.16. The summed E-state index contributed by atoms with van der Waals surface area (Å²) in [6, 6.07) is 9.73. The van der Waals surface area contributed by atoms with Gasteiger partial charge in [0.1, 0.15) is 5.56 Å². The molecule has 0 amide bonds. The molecule has 0 saturated heterocycles. The molecule has 0 bridgehead atoms. The highest BCUT2D eigenvalue weighted by Gasteiger charge is 2.16. The molecule has 118 valence electrons. The number of anilines is 1. The van der Waals surface area contributed by atoms with Crippen LogP contribution in [0.4, 0.5) is 5.95 Å². The van der Waals surface area contributed by atoms with E-state index in [1.807, 2.05) is 30.3 Å². The fourth-order valence-corrected chi connectivity index (χ4v) is 2.07. The maximum Gasteiger partial charge on any atom is 0.345 e. The maximum atomic E-state index is 12.2. The Morgan fingerprint density at radius 1 is 1.35 bits per heavy atom. The van der Waals surface area contributed by atoms with Gasteiger partial charge >= 0.3 is 5.97 Å². The molecule has 2 N–H and O–H groups in total. The van der Waals surface area contributed by atoms with Crippen molar-refractivity contribution in [1.29, 1.82) is 0 Å². The van der Waals surface area contributed by atoms with Crippen molar-refractivity contribution >= 4 is 17.7 Å². The average molecular weight is 313 g/mol. The molecular formula is C15H15N5O3. The molecule has 8 heteroatoms. The Bertz CT molecular complexity index is 885. The van der Waals surface area contributed by atoms with E-state index < -0.39 is 11.5 Å². The molecule has 2 heterocycles. The zero-order valence-corrected chi connectivity index (χ0v) is 12.4. The first-order chi connectivity index (χ1) is 11.2. The first-order valence-corrected chi connectivity index (χ1v) is 7.12. The van der Waals surface area contributed by atoms with Gasteiger partial charge in [-0.1, -0.05) is 30.3 Å². The lowest BCUT2D eigenvalue weighted by Crippen LogP contribution is -2.24. The average Bonchev–Trinajstić information content (AvgIpc) is 2.98. The van der Waals surface area contributed by atoms with Gasteiger partial charge in [-0.3, -0.25) is 4.79 Å². The van der Waals surface area contributed by atoms with Crippen LogP contribution in [-0.2, 0) is 11.3 Å². The van der Waals surface area contributed by atoms with E-state index in [1.165, 1.54) is 6.20 Å². The summed E-state index contributed by atoms with van der Waals surface area (Å²) < 4.78 is 5.87. The van der Waals surface area contributed by atoms with Crippen molar-refractivity contribution < 1.29 is 9.53 Å². The normalized spacial score (nSPS) is 10.7. The molecule has 8 nitrogen and oxygen atoms in total. The van der Waals surface area contributed by atoms with Crippen molar-refractivity contribution in [2.24, 2.45) is 0 Å². The lowest BCUT2D eigenvalue weighted by molar-refractivity contribution is 0.0523. The summed E-state index contributed by atoms with van der Waals surface area (Å²) in [7, 11) is 0. The molecule has 0 aliphatic heterocycles. The summed E-state index contributed by atoms with van der Waals surface area (Å²) in [5.41, 5.74) is 0.376. The third kappa shape index (κ3) is 3.05. The Morgan fingerprint density at radius 2 is 2.13 bits per heavy atom. The second-order valence-electron chi connectivity index (χ2n) is 4.74. The van der Waals surface area contributed by atoms with E-state index in [9.17, 15) is 9.59 Å². The van der Waals surface area contributed by atoms with Gasteiger partial charge in [0.25, 0.3) is 5.56 Å². The van der Waals surface area contributed by atoms with E-state index in [1.54, 1.807) is 6.92 Å². The van der Waals surface area contributed by atoms with E-state index in [-0.39, 0.29) is 17.9 Å². The number of aromatic amines is 1. The molecule has 0 fully saturated rings. The first kappa shape index (κ1) is 14.8. The number of benzene rings is 1. The number of esters is 1. The van der Waals surface area contributed by atoms with Crippen molar-refractivity contribution in [3.05, 3.63) is 58.0 Å². The second-order valence-corrected chi connectivity index (χ2v) is 4.74. The highest BCUT2D eigenvalue weighted by atomic mass is 16.5. The van der Waals surface area contributed by atoms with Gasteiger partial charge in [0.2, 0.25) is 11.7 Å². The number of rotatable bonds is 5. The van der Waals surface area contributed by atoms with Crippen molar-refractivity contribution in [2.45, 2.75) is 13.5 Å². The third-order valence-corrected chi connectivity index (χ3v) is 3.16. The predicted molar refractivity (Wildman–Crippen MR) is 83.3 cm³/mol. The van der Waals surface area contributed by atoms with Crippen LogP contribution in [0, 0.1) is 0 Å². The molecular weight excluding hydrogens is 298 g/mol. The Hall–Kier alpha value is -3.16. The van der Waals surface area contributed by atoms with Crippen LogP contribution < -0.4 is 10.9 Å². The van der Waals surface area contributed by atoms with E-state index in [4.69, 9.17) is 4.74 Å². The summed E-state index contributed by atoms with van der Waals surface area (Å²) in [6.07, 6.45) is 1.28. The number of carbonyl (C=O) groups excluding carboxylic acids is 1. The zero-order valence-electron chi connectivity index (χ0n) is 12.4.